The van der Waals surface area contributed by atoms with Crippen molar-refractivity contribution < 1.29 is 18.7 Å². The number of hydrogen-bond acceptors (Lipinski definition) is 2. The Morgan fingerprint density at radius 1 is 0.964 bits per heavy atom. The van der Waals surface area contributed by atoms with Gasteiger partial charge < -0.3 is 15.7 Å². The Bertz CT molecular complexity index is 1020. The number of aryl methyl sites for hydroxylation is 1. The maximum absolute atomic E-state index is 13.7. The molecule has 0 aliphatic carbocycles. The summed E-state index contributed by atoms with van der Waals surface area (Å²) >= 11 is 0. The molecule has 2 amide bonds. The first-order valence-corrected chi connectivity index (χ1v) is 8.76. The van der Waals surface area contributed by atoms with Crippen molar-refractivity contribution in [3.63, 3.8) is 0 Å². The van der Waals surface area contributed by atoms with Gasteiger partial charge in [0.25, 0.3) is 0 Å². The molecule has 0 bridgehead atoms. The molecule has 3 rings (SSSR count). The lowest BCUT2D eigenvalue weighted by molar-refractivity contribution is 0.262. The minimum atomic E-state index is -0.847. The van der Waals surface area contributed by atoms with E-state index in [1.807, 2.05) is 44.2 Å². The second-order valence-corrected chi connectivity index (χ2v) is 6.60. The number of amides is 2. The highest BCUT2D eigenvalue weighted by atomic mass is 19.1. The van der Waals surface area contributed by atoms with E-state index >= 15 is 0 Å². The van der Waals surface area contributed by atoms with E-state index in [-0.39, 0.29) is 17.4 Å². The molecule has 4 nitrogen and oxygen atoms in total. The summed E-state index contributed by atoms with van der Waals surface area (Å²) in [7, 11) is 0. The zero-order valence-corrected chi connectivity index (χ0v) is 15.5. The van der Waals surface area contributed by atoms with E-state index in [4.69, 9.17) is 0 Å². The second-order valence-electron chi connectivity index (χ2n) is 6.60. The molecule has 0 fully saturated rings. The van der Waals surface area contributed by atoms with Crippen molar-refractivity contribution in [2.75, 3.05) is 10.6 Å². The fourth-order valence-corrected chi connectivity index (χ4v) is 2.90. The van der Waals surface area contributed by atoms with Gasteiger partial charge in [-0.05, 0) is 53.9 Å². The van der Waals surface area contributed by atoms with Crippen LogP contribution in [0.4, 0.5) is 25.0 Å². The topological polar surface area (TPSA) is 61.4 Å². The molecule has 0 saturated carbocycles. The molecular weight excluding hydrogens is 362 g/mol. The van der Waals surface area contributed by atoms with Crippen LogP contribution < -0.4 is 10.6 Å². The van der Waals surface area contributed by atoms with Crippen LogP contribution in [0.25, 0.3) is 0 Å². The number of benzene rings is 3. The molecule has 3 aromatic rings. The van der Waals surface area contributed by atoms with Crippen molar-refractivity contribution in [2.45, 2.75) is 19.8 Å². The van der Waals surface area contributed by atoms with Gasteiger partial charge in [-0.1, -0.05) is 31.2 Å². The summed E-state index contributed by atoms with van der Waals surface area (Å²) in [5.74, 6) is -1.27. The van der Waals surface area contributed by atoms with Gasteiger partial charge >= 0.3 is 6.03 Å². The number of phenolic OH excluding ortho intramolecular Hbond substituents is 1. The molecule has 0 spiro atoms. The first-order chi connectivity index (χ1) is 13.3. The third-order valence-electron chi connectivity index (χ3n) is 4.54. The molecule has 0 aromatic heterocycles. The van der Waals surface area contributed by atoms with E-state index in [2.05, 4.69) is 10.6 Å². The zero-order chi connectivity index (χ0) is 20.3. The van der Waals surface area contributed by atoms with Gasteiger partial charge in [-0.25, -0.2) is 13.6 Å². The molecule has 0 radical (unpaired) electrons. The number of anilines is 2. The fraction of sp³-hybridized carbons (Fsp3) is 0.136. The smallest absolute Gasteiger partial charge is 0.323 e. The van der Waals surface area contributed by atoms with Crippen molar-refractivity contribution in [3.8, 4) is 5.75 Å². The van der Waals surface area contributed by atoms with Gasteiger partial charge in [0.05, 0.1) is 5.69 Å². The number of aromatic hydroxyl groups is 1. The number of rotatable bonds is 4. The highest BCUT2D eigenvalue weighted by Gasteiger charge is 2.12. The van der Waals surface area contributed by atoms with Gasteiger partial charge in [0.15, 0.2) is 0 Å². The maximum atomic E-state index is 13.7. The van der Waals surface area contributed by atoms with Gasteiger partial charge in [0.2, 0.25) is 0 Å². The zero-order valence-electron chi connectivity index (χ0n) is 15.5. The van der Waals surface area contributed by atoms with Crippen molar-refractivity contribution >= 4 is 17.4 Å². The Hall–Kier alpha value is -3.41. The number of urea groups is 1. The van der Waals surface area contributed by atoms with Gasteiger partial charge in [-0.2, -0.15) is 0 Å². The molecule has 3 aromatic carbocycles. The van der Waals surface area contributed by atoms with Gasteiger partial charge in [0, 0.05) is 17.7 Å². The summed E-state index contributed by atoms with van der Waals surface area (Å²) < 4.78 is 26.6. The first-order valence-electron chi connectivity index (χ1n) is 8.76. The van der Waals surface area contributed by atoms with Crippen LogP contribution in [0, 0.1) is 18.6 Å². The van der Waals surface area contributed by atoms with Crippen LogP contribution in [0.1, 0.15) is 29.5 Å². The number of carbonyl (C=O) groups excluding carboxylic acids is 1. The van der Waals surface area contributed by atoms with E-state index in [9.17, 15) is 18.7 Å². The Morgan fingerprint density at radius 3 is 2.43 bits per heavy atom. The summed E-state index contributed by atoms with van der Waals surface area (Å²) in [4.78, 5) is 12.1. The molecule has 6 heteroatoms. The number of nitrogens with one attached hydrogen (secondary N) is 2. The Morgan fingerprint density at radius 2 is 1.71 bits per heavy atom. The van der Waals surface area contributed by atoms with Crippen LogP contribution in [-0.4, -0.2) is 11.1 Å². The summed E-state index contributed by atoms with van der Waals surface area (Å²) in [6.45, 7) is 3.86. The Balaban J connectivity index is 1.73. The van der Waals surface area contributed by atoms with Gasteiger partial charge in [-0.3, -0.25) is 0 Å². The number of hydrogen-bond donors (Lipinski definition) is 3. The monoisotopic (exact) mass is 382 g/mol. The van der Waals surface area contributed by atoms with Crippen LogP contribution in [0.5, 0.6) is 5.75 Å². The molecule has 0 aliphatic rings. The lowest BCUT2D eigenvalue weighted by Gasteiger charge is -2.15. The van der Waals surface area contributed by atoms with Crippen molar-refractivity contribution in [1.29, 1.82) is 0 Å². The first kappa shape index (κ1) is 19.4. The molecular formula is C22H20F2N2O2. The van der Waals surface area contributed by atoms with E-state index < -0.39 is 17.7 Å². The number of phenols is 1. The van der Waals surface area contributed by atoms with E-state index in [0.717, 1.165) is 28.8 Å². The third kappa shape index (κ3) is 4.46. The molecule has 0 saturated heterocycles. The standard InChI is InChI=1S/C22H20F2N2O2/c1-13-10-16(6-9-21(13)27)14(2)15-4-3-5-18(11-15)25-22(28)26-20-8-7-17(23)12-19(20)24/h3-12,14,27H,1-2H3,(H2,25,26,28). The van der Waals surface area contributed by atoms with E-state index in [1.165, 1.54) is 0 Å². The lowest BCUT2D eigenvalue weighted by Crippen LogP contribution is -2.20. The summed E-state index contributed by atoms with van der Waals surface area (Å²) in [5.41, 5.74) is 3.23. The highest BCUT2D eigenvalue weighted by molar-refractivity contribution is 5.99. The lowest BCUT2D eigenvalue weighted by atomic mass is 9.92. The largest absolute Gasteiger partial charge is 0.508 e. The molecule has 1 atom stereocenters. The number of halogens is 2. The average Bonchev–Trinajstić information content (AvgIpc) is 2.66. The maximum Gasteiger partial charge on any atom is 0.323 e. The van der Waals surface area contributed by atoms with Crippen LogP contribution in [-0.2, 0) is 0 Å². The SMILES string of the molecule is Cc1cc(C(C)c2cccc(NC(=O)Nc3ccc(F)cc3F)c2)ccc1O. The van der Waals surface area contributed by atoms with Crippen LogP contribution in [0.2, 0.25) is 0 Å². The van der Waals surface area contributed by atoms with Crippen LogP contribution in [0.3, 0.4) is 0 Å². The quantitative estimate of drug-likeness (QED) is 0.536. The normalized spacial score (nSPS) is 11.7. The van der Waals surface area contributed by atoms with Gasteiger partial charge in [-0.15, -0.1) is 0 Å². The molecule has 28 heavy (non-hydrogen) atoms. The minimum absolute atomic E-state index is 0.0404. The molecule has 1 unspecified atom stereocenters. The predicted molar refractivity (Wildman–Crippen MR) is 106 cm³/mol. The summed E-state index contributed by atoms with van der Waals surface area (Å²) in [6, 6.07) is 15.1. The summed E-state index contributed by atoms with van der Waals surface area (Å²) in [5, 5.41) is 14.7. The average molecular weight is 382 g/mol. The van der Waals surface area contributed by atoms with E-state index in [1.54, 1.807) is 12.1 Å². The van der Waals surface area contributed by atoms with Crippen LogP contribution in [0.15, 0.2) is 60.7 Å². The van der Waals surface area contributed by atoms with Crippen molar-refractivity contribution in [2.24, 2.45) is 0 Å². The highest BCUT2D eigenvalue weighted by Crippen LogP contribution is 2.29. The molecule has 144 valence electrons. The van der Waals surface area contributed by atoms with Crippen molar-refractivity contribution in [1.82, 2.24) is 0 Å². The fourth-order valence-electron chi connectivity index (χ4n) is 2.90. The van der Waals surface area contributed by atoms with Crippen LogP contribution >= 0.6 is 0 Å². The molecule has 3 N–H and O–H groups in total. The third-order valence-corrected chi connectivity index (χ3v) is 4.54. The van der Waals surface area contributed by atoms with E-state index in [0.29, 0.717) is 11.8 Å². The molecule has 0 heterocycles. The Labute approximate surface area is 161 Å². The second kappa shape index (κ2) is 8.08. The Kier molecular flexibility index (Phi) is 5.59. The van der Waals surface area contributed by atoms with Gasteiger partial charge in [0.1, 0.15) is 17.4 Å². The molecule has 0 aliphatic heterocycles. The summed E-state index contributed by atoms with van der Waals surface area (Å²) in [6.07, 6.45) is 0. The minimum Gasteiger partial charge on any atom is -0.508 e. The van der Waals surface area contributed by atoms with Crippen molar-refractivity contribution in [3.05, 3.63) is 89.0 Å². The number of carbonyl (C=O) groups is 1. The predicted octanol–water partition coefficient (Wildman–Crippen LogP) is 5.77.